The van der Waals surface area contributed by atoms with Gasteiger partial charge in [0.05, 0.1) is 56.7 Å². The molecule has 0 N–H and O–H groups in total. The Kier molecular flexibility index (Phi) is 14.7. The van der Waals surface area contributed by atoms with Gasteiger partial charge in [-0.2, -0.15) is 0 Å². The lowest BCUT2D eigenvalue weighted by Gasteiger charge is -2.57. The highest BCUT2D eigenvalue weighted by atomic mass is 28.4. The summed E-state index contributed by atoms with van der Waals surface area (Å²) in [5.41, 5.74) is 1.83. The molecule has 4 atom stereocenters. The number of likely N-dealkylation sites (tertiary alicyclic amines) is 1. The highest BCUT2D eigenvalue weighted by molar-refractivity contribution is 6.76. The number of hydrogen-bond donors (Lipinski definition) is 0. The third-order valence-corrected chi connectivity index (χ3v) is 16.4. The molecule has 1 saturated heterocycles. The highest BCUT2D eigenvalue weighted by Crippen LogP contribution is 2.51. The summed E-state index contributed by atoms with van der Waals surface area (Å²) in [5, 5.41) is 0. The Balaban J connectivity index is 1.92. The van der Waals surface area contributed by atoms with E-state index in [1.54, 1.807) is 37.1 Å². The summed E-state index contributed by atoms with van der Waals surface area (Å²) in [6.45, 7) is 16.3. The van der Waals surface area contributed by atoms with Crippen LogP contribution in [0.2, 0.25) is 43.8 Å². The number of rotatable bonds is 18. The molecule has 2 bridgehead atoms. The van der Waals surface area contributed by atoms with Crippen LogP contribution < -0.4 is 9.64 Å². The van der Waals surface area contributed by atoms with Gasteiger partial charge in [-0.1, -0.05) is 58.6 Å². The largest absolute Gasteiger partial charge is 0.468 e. The van der Waals surface area contributed by atoms with Crippen LogP contribution in [0.15, 0.2) is 48.5 Å². The van der Waals surface area contributed by atoms with Crippen LogP contribution in [0.4, 0.5) is 10.5 Å². The molecule has 1 fully saturated rings. The second-order valence-electron chi connectivity index (χ2n) is 14.5. The van der Waals surface area contributed by atoms with Crippen LogP contribution in [0.5, 0.6) is 5.75 Å². The van der Waals surface area contributed by atoms with Crippen molar-refractivity contribution in [1.82, 2.24) is 4.90 Å². The van der Waals surface area contributed by atoms with Gasteiger partial charge in [-0.05, 0) is 67.9 Å². The summed E-state index contributed by atoms with van der Waals surface area (Å²) < 4.78 is 35.6. The molecule has 2 aromatic carbocycles. The summed E-state index contributed by atoms with van der Waals surface area (Å²) in [6, 6.07) is 16.4. The number of piperidine rings is 1. The first kappa shape index (κ1) is 40.5. The van der Waals surface area contributed by atoms with Crippen molar-refractivity contribution in [2.75, 3.05) is 45.2 Å². The first-order valence-corrected chi connectivity index (χ1v) is 24.7. The van der Waals surface area contributed by atoms with Crippen molar-refractivity contribution in [2.45, 2.75) is 109 Å². The standard InChI is InChI=1S/C38H58N2O9Si2/c1-9-46-34(41)25-29-24-33-36(49-51(10-2,11-3)12-4)35(39(29)37(42)28-16-14-13-15-17-28)31-26-30(48-27-45-21-20-44-5)18-19-32(31)40(33)38(43)47-22-23-50(6,7)8/h13-19,26,29,33,35-36H,9-12,20-25,27H2,1-8H3/t29?,33-,35-,36-/m0/s1. The minimum Gasteiger partial charge on any atom is -0.468 e. The van der Waals surface area contributed by atoms with Gasteiger partial charge in [0.2, 0.25) is 0 Å². The molecular weight excluding hydrogens is 685 g/mol. The Morgan fingerprint density at radius 2 is 1.59 bits per heavy atom. The molecule has 0 aliphatic carbocycles. The summed E-state index contributed by atoms with van der Waals surface area (Å²) >= 11 is 0. The lowest BCUT2D eigenvalue weighted by atomic mass is 9.78. The third-order valence-electron chi connectivity index (χ3n) is 10.1. The van der Waals surface area contributed by atoms with E-state index >= 15 is 0 Å². The first-order chi connectivity index (χ1) is 24.4. The second-order valence-corrected chi connectivity index (χ2v) is 24.8. The molecule has 0 saturated carbocycles. The molecule has 11 nitrogen and oxygen atoms in total. The van der Waals surface area contributed by atoms with Gasteiger partial charge in [0.15, 0.2) is 15.1 Å². The molecule has 2 heterocycles. The fourth-order valence-electron chi connectivity index (χ4n) is 7.07. The van der Waals surface area contributed by atoms with Gasteiger partial charge in [-0.25, -0.2) is 4.79 Å². The van der Waals surface area contributed by atoms with Crippen LogP contribution in [0.3, 0.4) is 0 Å². The van der Waals surface area contributed by atoms with Crippen molar-refractivity contribution in [2.24, 2.45) is 0 Å². The van der Waals surface area contributed by atoms with Gasteiger partial charge >= 0.3 is 12.1 Å². The summed E-state index contributed by atoms with van der Waals surface area (Å²) in [7, 11) is -2.22. The van der Waals surface area contributed by atoms with E-state index in [2.05, 4.69) is 40.4 Å². The normalized spacial score (nSPS) is 20.1. The first-order valence-electron chi connectivity index (χ1n) is 18.4. The number of amides is 2. The number of fused-ring (bicyclic) bond motifs is 4. The third kappa shape index (κ3) is 10.0. The van der Waals surface area contributed by atoms with Crippen molar-refractivity contribution in [3.05, 3.63) is 59.7 Å². The van der Waals surface area contributed by atoms with E-state index in [9.17, 15) is 14.4 Å². The van der Waals surface area contributed by atoms with E-state index in [0.29, 0.717) is 48.8 Å². The van der Waals surface area contributed by atoms with E-state index in [4.69, 9.17) is 28.1 Å². The Morgan fingerprint density at radius 1 is 0.882 bits per heavy atom. The minimum absolute atomic E-state index is 0.00646. The molecule has 2 aromatic rings. The van der Waals surface area contributed by atoms with Crippen LogP contribution in [-0.4, -0.2) is 97.8 Å². The van der Waals surface area contributed by atoms with Crippen LogP contribution in [0, 0.1) is 0 Å². The molecule has 1 unspecified atom stereocenters. The Morgan fingerprint density at radius 3 is 2.22 bits per heavy atom. The van der Waals surface area contributed by atoms with Gasteiger partial charge in [0.1, 0.15) is 5.75 Å². The SMILES string of the molecule is CCOC(=O)CC1C[C@H]2[C@H](O[Si](CC)(CC)CC)[C@H](c3cc(OCOCCOC)ccc3N2C(=O)OCC[Si](C)(C)C)N1C(=O)c1ccccc1. The molecule has 2 amide bonds. The molecule has 2 aliphatic heterocycles. The van der Waals surface area contributed by atoms with Crippen LogP contribution in [0.25, 0.3) is 0 Å². The van der Waals surface area contributed by atoms with Gasteiger partial charge < -0.3 is 33.0 Å². The van der Waals surface area contributed by atoms with Crippen LogP contribution in [0.1, 0.15) is 62.5 Å². The van der Waals surface area contributed by atoms with E-state index in [-0.39, 0.29) is 25.7 Å². The lowest BCUT2D eigenvalue weighted by molar-refractivity contribution is -0.145. The zero-order valence-electron chi connectivity index (χ0n) is 31.8. The fourth-order valence-corrected chi connectivity index (χ4v) is 10.6. The second kappa shape index (κ2) is 18.5. The van der Waals surface area contributed by atoms with Gasteiger partial charge in [0.25, 0.3) is 5.91 Å². The molecule has 282 valence electrons. The molecule has 13 heteroatoms. The number of benzene rings is 2. The molecule has 4 rings (SSSR count). The predicted molar refractivity (Wildman–Crippen MR) is 203 cm³/mol. The van der Waals surface area contributed by atoms with E-state index in [1.807, 2.05) is 35.2 Å². The molecule has 0 radical (unpaired) electrons. The number of carbonyl (C=O) groups is 3. The van der Waals surface area contributed by atoms with E-state index in [1.165, 1.54) is 0 Å². The summed E-state index contributed by atoms with van der Waals surface area (Å²) in [5.74, 6) is -0.106. The monoisotopic (exact) mass is 742 g/mol. The van der Waals surface area contributed by atoms with Crippen molar-refractivity contribution in [1.29, 1.82) is 0 Å². The molecule has 0 spiro atoms. The lowest BCUT2D eigenvalue weighted by Crippen LogP contribution is -2.67. The van der Waals surface area contributed by atoms with E-state index < -0.39 is 52.7 Å². The number of carbonyl (C=O) groups excluding carboxylic acids is 3. The average molecular weight is 743 g/mol. The number of nitrogens with zero attached hydrogens (tertiary/aromatic N) is 2. The number of ether oxygens (including phenoxy) is 5. The maximum atomic E-state index is 14.8. The minimum atomic E-state index is -2.33. The maximum Gasteiger partial charge on any atom is 0.414 e. The van der Waals surface area contributed by atoms with Crippen molar-refractivity contribution >= 4 is 40.0 Å². The average Bonchev–Trinajstić information content (AvgIpc) is 3.11. The van der Waals surface area contributed by atoms with Crippen LogP contribution >= 0.6 is 0 Å². The van der Waals surface area contributed by atoms with Gasteiger partial charge in [-0.3, -0.25) is 14.5 Å². The fraction of sp³-hybridized carbons (Fsp3) is 0.605. The van der Waals surface area contributed by atoms with Crippen molar-refractivity contribution in [3.8, 4) is 5.75 Å². The van der Waals surface area contributed by atoms with Gasteiger partial charge in [0, 0.05) is 32.4 Å². The smallest absolute Gasteiger partial charge is 0.414 e. The Labute approximate surface area is 306 Å². The molecule has 2 aliphatic rings. The number of hydrogen-bond acceptors (Lipinski definition) is 9. The predicted octanol–water partition coefficient (Wildman–Crippen LogP) is 7.65. The number of esters is 1. The molecule has 0 aromatic heterocycles. The zero-order chi connectivity index (χ0) is 37.2. The quantitative estimate of drug-likeness (QED) is 0.0658. The Bertz CT molecular complexity index is 1440. The Hall–Kier alpha value is -3.24. The molecule has 51 heavy (non-hydrogen) atoms. The van der Waals surface area contributed by atoms with Crippen molar-refractivity contribution < 1.29 is 42.5 Å². The topological polar surface area (TPSA) is 113 Å². The maximum absolute atomic E-state index is 14.8. The molecular formula is C38H58N2O9Si2. The summed E-state index contributed by atoms with van der Waals surface area (Å²) in [4.78, 5) is 45.8. The highest BCUT2D eigenvalue weighted by Gasteiger charge is 2.56. The number of methoxy groups -OCH3 is 1. The summed E-state index contributed by atoms with van der Waals surface area (Å²) in [6.07, 6.45) is -0.749. The number of anilines is 1. The van der Waals surface area contributed by atoms with E-state index in [0.717, 1.165) is 24.2 Å². The van der Waals surface area contributed by atoms with Crippen molar-refractivity contribution in [3.63, 3.8) is 0 Å². The zero-order valence-corrected chi connectivity index (χ0v) is 33.8. The van der Waals surface area contributed by atoms with Crippen LogP contribution in [-0.2, 0) is 28.2 Å². The van der Waals surface area contributed by atoms with Gasteiger partial charge in [-0.15, -0.1) is 0 Å².